The van der Waals surface area contributed by atoms with Gasteiger partial charge in [-0.3, -0.25) is 4.79 Å². The summed E-state index contributed by atoms with van der Waals surface area (Å²) in [4.78, 5) is 18.2. The molecular weight excluding hydrogens is 250 g/mol. The Hall–Kier alpha value is -1.29. The molecule has 1 aliphatic heterocycles. The Labute approximate surface area is 114 Å². The van der Waals surface area contributed by atoms with Crippen LogP contribution in [0.2, 0.25) is 0 Å². The number of pyridine rings is 1. The minimum Gasteiger partial charge on any atom is -0.397 e. The van der Waals surface area contributed by atoms with Gasteiger partial charge in [0.1, 0.15) is 5.69 Å². The number of likely N-dealkylation sites (tertiary alicyclic amines) is 1. The van der Waals surface area contributed by atoms with Gasteiger partial charge in [-0.1, -0.05) is 6.92 Å². The lowest BCUT2D eigenvalue weighted by atomic mass is 10.0. The number of halogens is 1. The minimum atomic E-state index is 0. The molecule has 2 rings (SSSR count). The molecule has 4 nitrogen and oxygen atoms in total. The first kappa shape index (κ1) is 14.8. The zero-order valence-corrected chi connectivity index (χ0v) is 11.4. The fourth-order valence-corrected chi connectivity index (χ4v) is 2.16. The monoisotopic (exact) mass is 269 g/mol. The van der Waals surface area contributed by atoms with Crippen molar-refractivity contribution in [1.82, 2.24) is 9.88 Å². The molecule has 100 valence electrons. The van der Waals surface area contributed by atoms with Gasteiger partial charge in [-0.15, -0.1) is 12.4 Å². The smallest absolute Gasteiger partial charge is 0.272 e. The van der Waals surface area contributed by atoms with Crippen molar-refractivity contribution in [1.29, 1.82) is 0 Å². The maximum absolute atomic E-state index is 12.2. The van der Waals surface area contributed by atoms with Crippen molar-refractivity contribution in [3.63, 3.8) is 0 Å². The fourth-order valence-electron chi connectivity index (χ4n) is 2.16. The van der Waals surface area contributed by atoms with Crippen molar-refractivity contribution in [2.75, 3.05) is 18.8 Å². The average Bonchev–Trinajstić information content (AvgIpc) is 2.54. The van der Waals surface area contributed by atoms with Crippen molar-refractivity contribution >= 4 is 24.0 Å². The minimum absolute atomic E-state index is 0. The molecule has 0 aliphatic carbocycles. The van der Waals surface area contributed by atoms with E-state index >= 15 is 0 Å². The Kier molecular flexibility index (Phi) is 5.41. The molecule has 1 aromatic rings. The molecule has 1 aromatic heterocycles. The van der Waals surface area contributed by atoms with Crippen LogP contribution in [0.25, 0.3) is 0 Å². The zero-order chi connectivity index (χ0) is 12.3. The molecule has 1 aliphatic rings. The van der Waals surface area contributed by atoms with Crippen LogP contribution in [0.3, 0.4) is 0 Å². The van der Waals surface area contributed by atoms with Gasteiger partial charge in [0.25, 0.3) is 5.91 Å². The number of carbonyl (C=O) groups is 1. The standard InChI is InChI=1S/C13H19N3O.ClH/c1-10-3-2-7-16(8-6-10)13(17)12-5-4-11(14)9-15-12;/h4-5,9-10H,2-3,6-8,14H2,1H3;1H. The van der Waals surface area contributed by atoms with E-state index in [0.717, 1.165) is 25.9 Å². The largest absolute Gasteiger partial charge is 0.397 e. The summed E-state index contributed by atoms with van der Waals surface area (Å²) >= 11 is 0. The summed E-state index contributed by atoms with van der Waals surface area (Å²) in [6.07, 6.45) is 4.91. The molecular formula is C13H20ClN3O. The molecule has 0 spiro atoms. The van der Waals surface area contributed by atoms with Gasteiger partial charge < -0.3 is 10.6 Å². The molecule has 0 saturated carbocycles. The Morgan fingerprint density at radius 2 is 2.17 bits per heavy atom. The van der Waals surface area contributed by atoms with E-state index in [-0.39, 0.29) is 18.3 Å². The molecule has 1 amide bonds. The Morgan fingerprint density at radius 3 is 2.83 bits per heavy atom. The van der Waals surface area contributed by atoms with E-state index in [0.29, 0.717) is 17.3 Å². The van der Waals surface area contributed by atoms with Crippen LogP contribution in [0.1, 0.15) is 36.7 Å². The van der Waals surface area contributed by atoms with E-state index < -0.39 is 0 Å². The number of nitrogen functional groups attached to an aromatic ring is 1. The molecule has 1 fully saturated rings. The fraction of sp³-hybridized carbons (Fsp3) is 0.538. The quantitative estimate of drug-likeness (QED) is 0.851. The summed E-state index contributed by atoms with van der Waals surface area (Å²) in [5, 5.41) is 0. The van der Waals surface area contributed by atoms with Crippen molar-refractivity contribution in [3.8, 4) is 0 Å². The van der Waals surface area contributed by atoms with E-state index in [2.05, 4.69) is 11.9 Å². The molecule has 1 saturated heterocycles. The molecule has 5 heteroatoms. The first-order valence-electron chi connectivity index (χ1n) is 6.17. The first-order valence-corrected chi connectivity index (χ1v) is 6.17. The highest BCUT2D eigenvalue weighted by molar-refractivity contribution is 5.92. The number of hydrogen-bond donors (Lipinski definition) is 1. The summed E-state index contributed by atoms with van der Waals surface area (Å²) in [7, 11) is 0. The van der Waals surface area contributed by atoms with Gasteiger partial charge in [0.05, 0.1) is 11.9 Å². The zero-order valence-electron chi connectivity index (χ0n) is 10.6. The van der Waals surface area contributed by atoms with Crippen LogP contribution in [0, 0.1) is 5.92 Å². The Bertz CT molecular complexity index is 394. The predicted octanol–water partition coefficient (Wildman–Crippen LogP) is 2.35. The first-order chi connectivity index (χ1) is 8.16. The molecule has 0 radical (unpaired) electrons. The van der Waals surface area contributed by atoms with Crippen molar-refractivity contribution in [2.45, 2.75) is 26.2 Å². The van der Waals surface area contributed by atoms with Crippen LogP contribution in [0.5, 0.6) is 0 Å². The lowest BCUT2D eigenvalue weighted by Gasteiger charge is -2.19. The number of hydrogen-bond acceptors (Lipinski definition) is 3. The number of amides is 1. The highest BCUT2D eigenvalue weighted by Gasteiger charge is 2.20. The Morgan fingerprint density at radius 1 is 1.39 bits per heavy atom. The molecule has 18 heavy (non-hydrogen) atoms. The number of rotatable bonds is 1. The van der Waals surface area contributed by atoms with E-state index in [1.807, 2.05) is 4.90 Å². The number of carbonyl (C=O) groups excluding carboxylic acids is 1. The van der Waals surface area contributed by atoms with Crippen LogP contribution in [0.4, 0.5) is 5.69 Å². The van der Waals surface area contributed by atoms with Gasteiger partial charge >= 0.3 is 0 Å². The van der Waals surface area contributed by atoms with Gasteiger partial charge in [0, 0.05) is 13.1 Å². The van der Waals surface area contributed by atoms with Crippen LogP contribution >= 0.6 is 12.4 Å². The summed E-state index contributed by atoms with van der Waals surface area (Å²) in [5.74, 6) is 0.742. The third-order valence-electron chi connectivity index (χ3n) is 3.31. The number of nitrogens with zero attached hydrogens (tertiary/aromatic N) is 2. The molecule has 1 atom stereocenters. The lowest BCUT2D eigenvalue weighted by Crippen LogP contribution is -2.32. The second-order valence-corrected chi connectivity index (χ2v) is 4.81. The highest BCUT2D eigenvalue weighted by Crippen LogP contribution is 2.17. The second kappa shape index (κ2) is 6.59. The van der Waals surface area contributed by atoms with Crippen LogP contribution in [0.15, 0.2) is 18.3 Å². The van der Waals surface area contributed by atoms with Crippen LogP contribution < -0.4 is 5.73 Å². The highest BCUT2D eigenvalue weighted by atomic mass is 35.5. The molecule has 1 unspecified atom stereocenters. The van der Waals surface area contributed by atoms with Gasteiger partial charge in [0.2, 0.25) is 0 Å². The maximum Gasteiger partial charge on any atom is 0.272 e. The predicted molar refractivity (Wildman–Crippen MR) is 74.8 cm³/mol. The Balaban J connectivity index is 0.00000162. The van der Waals surface area contributed by atoms with Gasteiger partial charge in [-0.25, -0.2) is 4.98 Å². The summed E-state index contributed by atoms with van der Waals surface area (Å²) in [6, 6.07) is 3.42. The number of anilines is 1. The third kappa shape index (κ3) is 3.60. The number of aromatic nitrogens is 1. The lowest BCUT2D eigenvalue weighted by molar-refractivity contribution is 0.0754. The summed E-state index contributed by atoms with van der Waals surface area (Å²) in [6.45, 7) is 3.93. The van der Waals surface area contributed by atoms with Gasteiger partial charge in [-0.2, -0.15) is 0 Å². The van der Waals surface area contributed by atoms with E-state index in [4.69, 9.17) is 5.73 Å². The molecule has 2 heterocycles. The second-order valence-electron chi connectivity index (χ2n) is 4.81. The van der Waals surface area contributed by atoms with Crippen LogP contribution in [-0.4, -0.2) is 28.9 Å². The summed E-state index contributed by atoms with van der Waals surface area (Å²) in [5.41, 5.74) is 6.64. The van der Waals surface area contributed by atoms with E-state index in [9.17, 15) is 4.79 Å². The van der Waals surface area contributed by atoms with Crippen molar-refractivity contribution in [3.05, 3.63) is 24.0 Å². The van der Waals surface area contributed by atoms with E-state index in [1.54, 1.807) is 12.1 Å². The van der Waals surface area contributed by atoms with Gasteiger partial charge in [-0.05, 0) is 37.3 Å². The van der Waals surface area contributed by atoms with Crippen molar-refractivity contribution in [2.24, 2.45) is 5.92 Å². The van der Waals surface area contributed by atoms with E-state index in [1.165, 1.54) is 12.6 Å². The maximum atomic E-state index is 12.2. The number of nitrogens with two attached hydrogens (primary N) is 1. The molecule has 0 bridgehead atoms. The summed E-state index contributed by atoms with van der Waals surface area (Å²) < 4.78 is 0. The SMILES string of the molecule is CC1CCCN(C(=O)c2ccc(N)cn2)CC1.Cl. The van der Waals surface area contributed by atoms with Gasteiger partial charge in [0.15, 0.2) is 0 Å². The average molecular weight is 270 g/mol. The topological polar surface area (TPSA) is 59.2 Å². The molecule has 0 aromatic carbocycles. The molecule has 2 N–H and O–H groups in total. The van der Waals surface area contributed by atoms with Crippen molar-refractivity contribution < 1.29 is 4.79 Å². The third-order valence-corrected chi connectivity index (χ3v) is 3.31. The van der Waals surface area contributed by atoms with Crippen LogP contribution in [-0.2, 0) is 0 Å². The normalized spacial score (nSPS) is 19.8.